The number of sulfonamides is 1. The van der Waals surface area contributed by atoms with Crippen LogP contribution in [0.1, 0.15) is 42.0 Å². The van der Waals surface area contributed by atoms with E-state index in [-0.39, 0.29) is 47.8 Å². The van der Waals surface area contributed by atoms with E-state index < -0.39 is 38.9 Å². The van der Waals surface area contributed by atoms with Crippen LogP contribution in [-0.4, -0.2) is 25.7 Å². The van der Waals surface area contributed by atoms with Crippen molar-refractivity contribution in [2.45, 2.75) is 49.6 Å². The number of alkyl halides is 1. The van der Waals surface area contributed by atoms with Crippen molar-refractivity contribution in [3.63, 3.8) is 0 Å². The van der Waals surface area contributed by atoms with Crippen LogP contribution in [0, 0.1) is 17.5 Å². The Kier molecular flexibility index (Phi) is 8.45. The monoisotopic (exact) mass is 604 g/mol. The second-order valence-electron chi connectivity index (χ2n) is 10.4. The van der Waals surface area contributed by atoms with E-state index in [1.54, 1.807) is 0 Å². The fourth-order valence-electron chi connectivity index (χ4n) is 5.47. The first-order valence-corrected chi connectivity index (χ1v) is 15.4. The van der Waals surface area contributed by atoms with Crippen LogP contribution < -0.4 is 9.46 Å². The van der Waals surface area contributed by atoms with Gasteiger partial charge in [-0.1, -0.05) is 42.5 Å². The Balaban J connectivity index is 1.52. The Bertz CT molecular complexity index is 1650. The van der Waals surface area contributed by atoms with Gasteiger partial charge in [-0.2, -0.15) is 0 Å². The fourth-order valence-corrected chi connectivity index (χ4v) is 6.40. The van der Waals surface area contributed by atoms with Gasteiger partial charge >= 0.3 is 0 Å². The quantitative estimate of drug-likeness (QED) is 0.205. The lowest BCUT2D eigenvalue weighted by Gasteiger charge is -2.27. The molecule has 1 aliphatic carbocycles. The summed E-state index contributed by atoms with van der Waals surface area (Å²) in [5.41, 5.74) is 0.641. The third-order valence-corrected chi connectivity index (χ3v) is 8.31. The summed E-state index contributed by atoms with van der Waals surface area (Å²) < 4.78 is 83.6. The zero-order chi connectivity index (χ0) is 29.2. The van der Waals surface area contributed by atoms with Gasteiger partial charge in [-0.15, -0.1) is 11.6 Å². The maximum absolute atomic E-state index is 15.3. The Morgan fingerprint density at radius 3 is 2.54 bits per heavy atom. The number of nitrogens with zero attached hydrogens (tertiary/aromatic N) is 1. The smallest absolute Gasteiger partial charge is 0.208 e. The summed E-state index contributed by atoms with van der Waals surface area (Å²) in [6.07, 6.45) is 3.69. The number of halogens is 4. The number of ether oxygens (including phenoxy) is 1. The van der Waals surface area contributed by atoms with Crippen molar-refractivity contribution < 1.29 is 30.7 Å². The largest absolute Gasteiger partial charge is 0.485 e. The molecule has 5 rings (SSSR count). The van der Waals surface area contributed by atoms with Crippen molar-refractivity contribution in [2.24, 2.45) is 0 Å². The van der Waals surface area contributed by atoms with Gasteiger partial charge in [0.25, 0.3) is 0 Å². The van der Waals surface area contributed by atoms with E-state index in [1.807, 2.05) is 30.3 Å². The number of nitrogens with one attached hydrogen (secondary N) is 1. The number of aromatic nitrogens is 1. The average Bonchev–Trinajstić information content (AvgIpc) is 3.57. The Labute approximate surface area is 241 Å². The molecule has 0 unspecified atom stereocenters. The molecule has 0 bridgehead atoms. The van der Waals surface area contributed by atoms with Crippen molar-refractivity contribution in [3.8, 4) is 16.9 Å². The molecule has 3 aromatic carbocycles. The lowest BCUT2D eigenvalue weighted by atomic mass is 9.79. The molecule has 0 spiro atoms. The number of hydrogen-bond donors (Lipinski definition) is 1. The SMILES string of the molecule is CS(=O)(=O)N[C@H]1CC[C@](Cc2cc(-c3cccc(F)c3OCc3ccccc3)c(F)cc2F)(c2nc(CCl)co2)C1. The van der Waals surface area contributed by atoms with Crippen LogP contribution in [-0.2, 0) is 34.3 Å². The van der Waals surface area contributed by atoms with Crippen LogP contribution in [0.25, 0.3) is 11.1 Å². The predicted molar refractivity (Wildman–Crippen MR) is 150 cm³/mol. The van der Waals surface area contributed by atoms with Gasteiger partial charge in [-0.3, -0.25) is 0 Å². The van der Waals surface area contributed by atoms with Crippen molar-refractivity contribution in [3.05, 3.63) is 107 Å². The van der Waals surface area contributed by atoms with Gasteiger partial charge in [0.1, 0.15) is 24.5 Å². The molecular weight excluding hydrogens is 577 g/mol. The minimum absolute atomic E-state index is 0.0308. The summed E-state index contributed by atoms with van der Waals surface area (Å²) in [4.78, 5) is 4.47. The van der Waals surface area contributed by atoms with Gasteiger partial charge in [0.15, 0.2) is 11.6 Å². The molecule has 0 saturated heterocycles. The van der Waals surface area contributed by atoms with Crippen LogP contribution in [0.4, 0.5) is 13.2 Å². The molecule has 0 radical (unpaired) electrons. The summed E-state index contributed by atoms with van der Waals surface area (Å²) in [6, 6.07) is 15.0. The molecule has 1 N–H and O–H groups in total. The molecule has 2 atom stereocenters. The second-order valence-corrected chi connectivity index (χ2v) is 12.4. The van der Waals surface area contributed by atoms with Gasteiger partial charge in [-0.05, 0) is 48.9 Å². The molecule has 0 aliphatic heterocycles. The van der Waals surface area contributed by atoms with Gasteiger partial charge in [0.2, 0.25) is 15.9 Å². The zero-order valence-electron chi connectivity index (χ0n) is 22.2. The molecule has 1 heterocycles. The minimum Gasteiger partial charge on any atom is -0.485 e. The Hall–Kier alpha value is -3.34. The number of para-hydroxylation sites is 1. The van der Waals surface area contributed by atoms with Crippen molar-refractivity contribution in [2.75, 3.05) is 6.26 Å². The number of rotatable bonds is 10. The summed E-state index contributed by atoms with van der Waals surface area (Å²) in [6.45, 7) is 0.0509. The summed E-state index contributed by atoms with van der Waals surface area (Å²) in [5, 5.41) is 0. The van der Waals surface area contributed by atoms with Crippen molar-refractivity contribution in [1.82, 2.24) is 9.71 Å². The highest BCUT2D eigenvalue weighted by atomic mass is 35.5. The molecule has 1 aliphatic rings. The predicted octanol–water partition coefficient (Wildman–Crippen LogP) is 6.66. The van der Waals surface area contributed by atoms with Gasteiger partial charge in [0.05, 0.1) is 23.2 Å². The normalized spacial score (nSPS) is 19.0. The first-order valence-electron chi connectivity index (χ1n) is 13.0. The standard InChI is InChI=1S/C30H28ClF3N2O4S/c1-41(37,38)36-21-10-11-30(15-21,29-35-22(16-31)18-40-29)14-20-12-24(27(34)13-26(20)33)23-8-5-9-25(32)28(23)39-17-19-6-3-2-4-7-19/h2-9,12-13,18,21,36H,10-11,14-17H2,1H3/t21-,30+/m0/s1. The molecule has 11 heteroatoms. The van der Waals surface area contributed by atoms with Crippen LogP contribution in [0.3, 0.4) is 0 Å². The molecule has 1 fully saturated rings. The first-order chi connectivity index (χ1) is 19.6. The molecule has 41 heavy (non-hydrogen) atoms. The minimum atomic E-state index is -3.50. The van der Waals surface area contributed by atoms with Gasteiger partial charge in [0, 0.05) is 23.2 Å². The van der Waals surface area contributed by atoms with Gasteiger partial charge in [-0.25, -0.2) is 31.3 Å². The number of benzene rings is 3. The molecule has 216 valence electrons. The van der Waals surface area contributed by atoms with Crippen molar-refractivity contribution >= 4 is 21.6 Å². The van der Waals surface area contributed by atoms with Crippen molar-refractivity contribution in [1.29, 1.82) is 0 Å². The molecule has 6 nitrogen and oxygen atoms in total. The maximum atomic E-state index is 15.3. The first kappa shape index (κ1) is 29.2. The molecule has 1 saturated carbocycles. The van der Waals surface area contributed by atoms with E-state index in [2.05, 4.69) is 9.71 Å². The van der Waals surface area contributed by atoms with E-state index in [1.165, 1.54) is 30.5 Å². The molecule has 0 amide bonds. The van der Waals surface area contributed by atoms with Crippen LogP contribution >= 0.6 is 11.6 Å². The third-order valence-electron chi connectivity index (χ3n) is 7.28. The van der Waals surface area contributed by atoms with E-state index in [0.717, 1.165) is 17.9 Å². The Morgan fingerprint density at radius 1 is 1.05 bits per heavy atom. The Morgan fingerprint density at radius 2 is 1.83 bits per heavy atom. The second kappa shape index (κ2) is 11.9. The topological polar surface area (TPSA) is 81.4 Å². The van der Waals surface area contributed by atoms with E-state index in [0.29, 0.717) is 24.4 Å². The van der Waals surface area contributed by atoms with Crippen LogP contribution in [0.15, 0.2) is 71.3 Å². The molecular formula is C30H28ClF3N2O4S. The van der Waals surface area contributed by atoms with E-state index in [9.17, 15) is 12.8 Å². The number of oxazole rings is 1. The molecule has 4 aromatic rings. The van der Waals surface area contributed by atoms with E-state index >= 15 is 8.78 Å². The zero-order valence-corrected chi connectivity index (χ0v) is 23.7. The highest BCUT2D eigenvalue weighted by Gasteiger charge is 2.45. The van der Waals surface area contributed by atoms with E-state index in [4.69, 9.17) is 20.8 Å². The molecule has 1 aromatic heterocycles. The summed E-state index contributed by atoms with van der Waals surface area (Å²) >= 11 is 5.93. The van der Waals surface area contributed by atoms with Crippen LogP contribution in [0.5, 0.6) is 5.75 Å². The number of hydrogen-bond acceptors (Lipinski definition) is 5. The van der Waals surface area contributed by atoms with Crippen LogP contribution in [0.2, 0.25) is 0 Å². The average molecular weight is 605 g/mol. The third kappa shape index (κ3) is 6.60. The highest BCUT2D eigenvalue weighted by Crippen LogP contribution is 2.45. The summed E-state index contributed by atoms with van der Waals surface area (Å²) in [5.74, 6) is -2.10. The highest BCUT2D eigenvalue weighted by molar-refractivity contribution is 7.88. The lowest BCUT2D eigenvalue weighted by molar-refractivity contribution is 0.291. The fraction of sp³-hybridized carbons (Fsp3) is 0.300. The summed E-state index contributed by atoms with van der Waals surface area (Å²) in [7, 11) is -3.50. The van der Waals surface area contributed by atoms with Gasteiger partial charge < -0.3 is 9.15 Å². The lowest BCUT2D eigenvalue weighted by Crippen LogP contribution is -2.35. The maximum Gasteiger partial charge on any atom is 0.208 e.